The molecule has 1 aliphatic carbocycles. The molecule has 0 bridgehead atoms. The molecule has 3 heteroatoms. The van der Waals surface area contributed by atoms with Gasteiger partial charge in [0.15, 0.2) is 0 Å². The smallest absolute Gasteiger partial charge is 0.308 e. The molecule has 2 aliphatic rings. The van der Waals surface area contributed by atoms with Crippen LogP contribution in [0.15, 0.2) is 0 Å². The highest BCUT2D eigenvalue weighted by atomic mass is 16.5. The Balaban J connectivity index is 2.04. The Morgan fingerprint density at radius 1 is 1.36 bits per heavy atom. The lowest BCUT2D eigenvalue weighted by Crippen LogP contribution is -2.45. The molecule has 0 amide bonds. The number of rotatable bonds is 1. The van der Waals surface area contributed by atoms with Gasteiger partial charge in [0.25, 0.3) is 0 Å². The molecule has 1 aliphatic heterocycles. The molecule has 14 heavy (non-hydrogen) atoms. The zero-order chi connectivity index (χ0) is 9.97. The van der Waals surface area contributed by atoms with Crippen molar-refractivity contribution >= 4 is 5.97 Å². The molecule has 80 valence electrons. The van der Waals surface area contributed by atoms with Crippen LogP contribution in [0.4, 0.5) is 0 Å². The van der Waals surface area contributed by atoms with E-state index < -0.39 is 0 Å². The third kappa shape index (κ3) is 1.78. The quantitative estimate of drug-likeness (QED) is 0.642. The SMILES string of the molecule is COC(=O)[C@@H]1CCC[C@H]2CCNC[C@H]21. The minimum atomic E-state index is 0.00315. The van der Waals surface area contributed by atoms with Crippen molar-refractivity contribution in [3.05, 3.63) is 0 Å². The van der Waals surface area contributed by atoms with Crippen molar-refractivity contribution in [3.8, 4) is 0 Å². The van der Waals surface area contributed by atoms with E-state index in [-0.39, 0.29) is 11.9 Å². The maximum absolute atomic E-state index is 11.6. The average molecular weight is 197 g/mol. The lowest BCUT2D eigenvalue weighted by molar-refractivity contribution is -0.150. The van der Waals surface area contributed by atoms with Crippen molar-refractivity contribution in [2.45, 2.75) is 25.7 Å². The van der Waals surface area contributed by atoms with E-state index >= 15 is 0 Å². The number of hydrogen-bond acceptors (Lipinski definition) is 3. The van der Waals surface area contributed by atoms with Crippen LogP contribution in [-0.4, -0.2) is 26.2 Å². The summed E-state index contributed by atoms with van der Waals surface area (Å²) in [5, 5.41) is 3.39. The third-order valence-electron chi connectivity index (χ3n) is 3.79. The van der Waals surface area contributed by atoms with Crippen molar-refractivity contribution in [1.82, 2.24) is 5.32 Å². The number of methoxy groups -OCH3 is 1. The van der Waals surface area contributed by atoms with E-state index in [0.717, 1.165) is 25.4 Å². The normalized spacial score (nSPS) is 37.4. The number of nitrogens with one attached hydrogen (secondary N) is 1. The van der Waals surface area contributed by atoms with E-state index in [1.807, 2.05) is 0 Å². The summed E-state index contributed by atoms with van der Waals surface area (Å²) < 4.78 is 4.87. The Hall–Kier alpha value is -0.570. The standard InChI is InChI=1S/C11H19NO2/c1-14-11(13)9-4-2-3-8-5-6-12-7-10(8)9/h8-10,12H,2-7H2,1H3/t8-,9+,10+/m0/s1. The molecule has 3 nitrogen and oxygen atoms in total. The summed E-state index contributed by atoms with van der Waals surface area (Å²) in [7, 11) is 1.50. The molecule has 1 saturated heterocycles. The van der Waals surface area contributed by atoms with Crippen molar-refractivity contribution in [1.29, 1.82) is 0 Å². The van der Waals surface area contributed by atoms with Gasteiger partial charge >= 0.3 is 5.97 Å². The van der Waals surface area contributed by atoms with Gasteiger partial charge in [-0.15, -0.1) is 0 Å². The van der Waals surface area contributed by atoms with Gasteiger partial charge in [-0.3, -0.25) is 4.79 Å². The van der Waals surface area contributed by atoms with Gasteiger partial charge in [-0.25, -0.2) is 0 Å². The zero-order valence-electron chi connectivity index (χ0n) is 8.79. The zero-order valence-corrected chi connectivity index (χ0v) is 8.79. The average Bonchev–Trinajstić information content (AvgIpc) is 2.27. The monoisotopic (exact) mass is 197 g/mol. The molecule has 0 aromatic rings. The fourth-order valence-corrected chi connectivity index (χ4v) is 3.02. The molecule has 0 spiro atoms. The van der Waals surface area contributed by atoms with E-state index in [2.05, 4.69) is 5.32 Å². The number of carbonyl (C=O) groups excluding carboxylic acids is 1. The first-order valence-corrected chi connectivity index (χ1v) is 5.61. The number of carbonyl (C=O) groups is 1. The van der Waals surface area contributed by atoms with Gasteiger partial charge < -0.3 is 10.1 Å². The van der Waals surface area contributed by atoms with Crippen LogP contribution in [0, 0.1) is 17.8 Å². The minimum Gasteiger partial charge on any atom is -0.469 e. The Morgan fingerprint density at radius 3 is 3.00 bits per heavy atom. The highest BCUT2D eigenvalue weighted by Crippen LogP contribution is 2.38. The number of piperidine rings is 1. The van der Waals surface area contributed by atoms with Gasteiger partial charge in [0.05, 0.1) is 13.0 Å². The second-order valence-corrected chi connectivity index (χ2v) is 4.48. The molecule has 1 saturated carbocycles. The first-order chi connectivity index (χ1) is 6.83. The van der Waals surface area contributed by atoms with Gasteiger partial charge in [-0.05, 0) is 37.8 Å². The Labute approximate surface area is 85.2 Å². The number of esters is 1. The predicted octanol–water partition coefficient (Wildman–Crippen LogP) is 1.19. The summed E-state index contributed by atoms with van der Waals surface area (Å²) in [6, 6.07) is 0. The fraction of sp³-hybridized carbons (Fsp3) is 0.909. The Morgan fingerprint density at radius 2 is 2.21 bits per heavy atom. The van der Waals surface area contributed by atoms with Crippen LogP contribution in [0.5, 0.6) is 0 Å². The van der Waals surface area contributed by atoms with E-state index in [1.54, 1.807) is 0 Å². The molecule has 2 rings (SSSR count). The van der Waals surface area contributed by atoms with Gasteiger partial charge in [-0.2, -0.15) is 0 Å². The summed E-state index contributed by atoms with van der Waals surface area (Å²) in [5.74, 6) is 1.45. The topological polar surface area (TPSA) is 38.3 Å². The largest absolute Gasteiger partial charge is 0.469 e. The summed E-state index contributed by atoms with van der Waals surface area (Å²) in [4.78, 5) is 11.6. The molecular formula is C11H19NO2. The van der Waals surface area contributed by atoms with Crippen molar-refractivity contribution < 1.29 is 9.53 Å². The summed E-state index contributed by atoms with van der Waals surface area (Å²) in [5.41, 5.74) is 0. The van der Waals surface area contributed by atoms with E-state index in [1.165, 1.54) is 26.4 Å². The highest BCUT2D eigenvalue weighted by molar-refractivity contribution is 5.72. The second-order valence-electron chi connectivity index (χ2n) is 4.48. The summed E-state index contributed by atoms with van der Waals surface area (Å²) >= 11 is 0. The first kappa shape index (κ1) is 9.97. The lowest BCUT2D eigenvalue weighted by Gasteiger charge is -2.40. The first-order valence-electron chi connectivity index (χ1n) is 5.61. The molecule has 2 fully saturated rings. The van der Waals surface area contributed by atoms with Crippen LogP contribution in [0.1, 0.15) is 25.7 Å². The number of hydrogen-bond donors (Lipinski definition) is 1. The third-order valence-corrected chi connectivity index (χ3v) is 3.79. The van der Waals surface area contributed by atoms with Crippen LogP contribution < -0.4 is 5.32 Å². The van der Waals surface area contributed by atoms with Gasteiger partial charge in [0.1, 0.15) is 0 Å². The lowest BCUT2D eigenvalue weighted by atomic mass is 9.69. The molecule has 0 aromatic heterocycles. The second kappa shape index (κ2) is 4.30. The van der Waals surface area contributed by atoms with Gasteiger partial charge in [0, 0.05) is 0 Å². The Bertz CT molecular complexity index is 215. The number of ether oxygens (including phenoxy) is 1. The Kier molecular flexibility index (Phi) is 3.06. The molecule has 1 heterocycles. The van der Waals surface area contributed by atoms with E-state index in [0.29, 0.717) is 5.92 Å². The van der Waals surface area contributed by atoms with E-state index in [9.17, 15) is 4.79 Å². The maximum atomic E-state index is 11.6. The van der Waals surface area contributed by atoms with Crippen LogP contribution >= 0.6 is 0 Å². The predicted molar refractivity (Wildman–Crippen MR) is 53.8 cm³/mol. The molecule has 0 unspecified atom stereocenters. The molecule has 1 N–H and O–H groups in total. The fourth-order valence-electron chi connectivity index (χ4n) is 3.02. The molecule has 0 aromatic carbocycles. The summed E-state index contributed by atoms with van der Waals surface area (Å²) in [6.45, 7) is 2.12. The van der Waals surface area contributed by atoms with Crippen LogP contribution in [0.2, 0.25) is 0 Å². The minimum absolute atomic E-state index is 0.00315. The maximum Gasteiger partial charge on any atom is 0.308 e. The van der Waals surface area contributed by atoms with Crippen LogP contribution in [0.3, 0.4) is 0 Å². The summed E-state index contributed by atoms with van der Waals surface area (Å²) in [6.07, 6.45) is 4.76. The molecule has 0 radical (unpaired) electrons. The van der Waals surface area contributed by atoms with Crippen molar-refractivity contribution in [2.24, 2.45) is 17.8 Å². The van der Waals surface area contributed by atoms with Crippen molar-refractivity contribution in [2.75, 3.05) is 20.2 Å². The van der Waals surface area contributed by atoms with Crippen LogP contribution in [0.25, 0.3) is 0 Å². The van der Waals surface area contributed by atoms with Gasteiger partial charge in [-0.1, -0.05) is 12.8 Å². The van der Waals surface area contributed by atoms with Crippen molar-refractivity contribution in [3.63, 3.8) is 0 Å². The molecular weight excluding hydrogens is 178 g/mol. The van der Waals surface area contributed by atoms with Gasteiger partial charge in [0.2, 0.25) is 0 Å². The highest BCUT2D eigenvalue weighted by Gasteiger charge is 2.38. The molecule has 3 atom stereocenters. The van der Waals surface area contributed by atoms with E-state index in [4.69, 9.17) is 4.74 Å². The van der Waals surface area contributed by atoms with Crippen LogP contribution in [-0.2, 0) is 9.53 Å². The number of fused-ring (bicyclic) bond motifs is 1.